The molecule has 138 valence electrons. The van der Waals surface area contributed by atoms with Gasteiger partial charge in [-0.1, -0.05) is 12.1 Å². The van der Waals surface area contributed by atoms with E-state index >= 15 is 0 Å². The molecule has 2 aromatic heterocycles. The number of nitrogens with zero attached hydrogens (tertiary/aromatic N) is 1. The fourth-order valence-electron chi connectivity index (χ4n) is 3.26. The van der Waals surface area contributed by atoms with Crippen molar-refractivity contribution in [3.05, 3.63) is 62.3 Å². The average Bonchev–Trinajstić information content (AvgIpc) is 2.98. The lowest BCUT2D eigenvalue weighted by atomic mass is 10.0. The lowest BCUT2D eigenvalue weighted by Gasteiger charge is -2.22. The van der Waals surface area contributed by atoms with Crippen LogP contribution in [0.2, 0.25) is 0 Å². The number of anilines is 1. The van der Waals surface area contributed by atoms with E-state index in [0.29, 0.717) is 34.5 Å². The van der Waals surface area contributed by atoms with E-state index in [4.69, 9.17) is 10.2 Å². The maximum absolute atomic E-state index is 12.7. The van der Waals surface area contributed by atoms with E-state index in [9.17, 15) is 14.4 Å². The number of amides is 2. The topological polar surface area (TPSA) is 106 Å². The number of carbonyl (C=O) groups is 2. The zero-order valence-electron chi connectivity index (χ0n) is 14.6. The Morgan fingerprint density at radius 1 is 1.30 bits per heavy atom. The van der Waals surface area contributed by atoms with Crippen LogP contribution < -0.4 is 16.5 Å². The third-order valence-corrected chi connectivity index (χ3v) is 5.71. The Balaban J connectivity index is 1.71. The molecule has 0 atom stereocenters. The van der Waals surface area contributed by atoms with Crippen LogP contribution in [0.4, 0.5) is 5.00 Å². The number of rotatable bonds is 3. The van der Waals surface area contributed by atoms with Gasteiger partial charge < -0.3 is 20.4 Å². The molecule has 3 aromatic rings. The lowest BCUT2D eigenvalue weighted by Crippen LogP contribution is -2.27. The lowest BCUT2D eigenvalue weighted by molar-refractivity contribution is 0.0997. The molecule has 1 aliphatic heterocycles. The summed E-state index contributed by atoms with van der Waals surface area (Å²) < 4.78 is 5.56. The molecular formula is C19H17N3O4S. The molecule has 7 nitrogen and oxygen atoms in total. The SMILES string of the molecule is CN1CCc2c(sc(NC(=O)c3cc(=O)c4ccccc4o3)c2C(N)=O)C1. The van der Waals surface area contributed by atoms with Gasteiger partial charge in [-0.25, -0.2) is 0 Å². The number of fused-ring (bicyclic) bond motifs is 2. The first-order chi connectivity index (χ1) is 12.9. The highest BCUT2D eigenvalue weighted by atomic mass is 32.1. The number of likely N-dealkylation sites (N-methyl/N-ethyl adjacent to an activating group) is 1. The smallest absolute Gasteiger partial charge is 0.292 e. The highest BCUT2D eigenvalue weighted by molar-refractivity contribution is 7.17. The van der Waals surface area contributed by atoms with Gasteiger partial charge in [0.25, 0.3) is 11.8 Å². The van der Waals surface area contributed by atoms with E-state index in [2.05, 4.69) is 10.2 Å². The van der Waals surface area contributed by atoms with Gasteiger partial charge in [0.2, 0.25) is 0 Å². The zero-order valence-corrected chi connectivity index (χ0v) is 15.4. The van der Waals surface area contributed by atoms with Crippen molar-refractivity contribution in [2.75, 3.05) is 18.9 Å². The van der Waals surface area contributed by atoms with Crippen LogP contribution in [0, 0.1) is 0 Å². The van der Waals surface area contributed by atoms with Crippen molar-refractivity contribution in [2.24, 2.45) is 5.73 Å². The maximum Gasteiger partial charge on any atom is 0.292 e. The second kappa shape index (κ2) is 6.64. The summed E-state index contributed by atoms with van der Waals surface area (Å²) in [6.45, 7) is 1.51. The quantitative estimate of drug-likeness (QED) is 0.721. The second-order valence-corrected chi connectivity index (χ2v) is 7.59. The third kappa shape index (κ3) is 3.13. The Bertz CT molecular complexity index is 1130. The van der Waals surface area contributed by atoms with Gasteiger partial charge in [0.1, 0.15) is 10.6 Å². The Kier molecular flexibility index (Phi) is 4.29. The first-order valence-corrected chi connectivity index (χ1v) is 9.23. The standard InChI is InChI=1S/C19H17N3O4S/c1-22-7-6-11-15(9-22)27-19(16(11)17(20)24)21-18(25)14-8-12(23)10-4-2-3-5-13(10)26-14/h2-5,8H,6-7,9H2,1H3,(H2,20,24)(H,21,25). The van der Waals surface area contributed by atoms with Crippen molar-refractivity contribution in [3.8, 4) is 0 Å². The van der Waals surface area contributed by atoms with Crippen molar-refractivity contribution in [1.82, 2.24) is 4.90 Å². The van der Waals surface area contributed by atoms with Gasteiger partial charge in [-0.2, -0.15) is 0 Å². The van der Waals surface area contributed by atoms with E-state index < -0.39 is 11.8 Å². The van der Waals surface area contributed by atoms with Crippen molar-refractivity contribution in [1.29, 1.82) is 0 Å². The molecule has 0 fully saturated rings. The summed E-state index contributed by atoms with van der Waals surface area (Å²) in [7, 11) is 1.99. The Hall–Kier alpha value is -2.97. The summed E-state index contributed by atoms with van der Waals surface area (Å²) in [4.78, 5) is 40.0. The van der Waals surface area contributed by atoms with Crippen molar-refractivity contribution in [3.63, 3.8) is 0 Å². The van der Waals surface area contributed by atoms with Crippen LogP contribution in [0.25, 0.3) is 11.0 Å². The molecule has 8 heteroatoms. The summed E-state index contributed by atoms with van der Waals surface area (Å²) >= 11 is 1.33. The molecule has 2 amide bonds. The summed E-state index contributed by atoms with van der Waals surface area (Å²) in [5.41, 5.74) is 6.83. The van der Waals surface area contributed by atoms with E-state index in [0.717, 1.165) is 23.1 Å². The first kappa shape index (κ1) is 17.4. The second-order valence-electron chi connectivity index (χ2n) is 6.49. The number of nitrogens with two attached hydrogens (primary N) is 1. The van der Waals surface area contributed by atoms with Crippen LogP contribution in [-0.4, -0.2) is 30.3 Å². The van der Waals surface area contributed by atoms with Crippen LogP contribution in [-0.2, 0) is 13.0 Å². The molecule has 0 unspecified atom stereocenters. The molecule has 3 heterocycles. The minimum atomic E-state index is -0.590. The van der Waals surface area contributed by atoms with Gasteiger partial charge in [-0.05, 0) is 31.2 Å². The van der Waals surface area contributed by atoms with Gasteiger partial charge in [0, 0.05) is 24.0 Å². The molecule has 27 heavy (non-hydrogen) atoms. The number of carbonyl (C=O) groups excluding carboxylic acids is 2. The fourth-order valence-corrected chi connectivity index (χ4v) is 4.59. The predicted molar refractivity (Wildman–Crippen MR) is 103 cm³/mol. The predicted octanol–water partition coefficient (Wildman–Crippen LogP) is 2.19. The largest absolute Gasteiger partial charge is 0.451 e. The number of benzene rings is 1. The molecular weight excluding hydrogens is 366 g/mol. The number of nitrogens with one attached hydrogen (secondary N) is 1. The van der Waals surface area contributed by atoms with Crippen LogP contribution in [0.15, 0.2) is 39.5 Å². The molecule has 1 aliphatic rings. The van der Waals surface area contributed by atoms with E-state index in [1.807, 2.05) is 7.05 Å². The fraction of sp³-hybridized carbons (Fsp3) is 0.211. The number of hydrogen-bond acceptors (Lipinski definition) is 6. The highest BCUT2D eigenvalue weighted by Gasteiger charge is 2.27. The minimum absolute atomic E-state index is 0.113. The molecule has 0 saturated heterocycles. The van der Waals surface area contributed by atoms with Crippen LogP contribution >= 0.6 is 11.3 Å². The van der Waals surface area contributed by atoms with Gasteiger partial charge in [0.05, 0.1) is 10.9 Å². The molecule has 3 N–H and O–H groups in total. The molecule has 1 aromatic carbocycles. The number of primary amides is 1. The van der Waals surface area contributed by atoms with Crippen molar-refractivity contribution >= 4 is 39.1 Å². The summed E-state index contributed by atoms with van der Waals surface area (Å²) in [5, 5.41) is 3.50. The number of hydrogen-bond donors (Lipinski definition) is 2. The summed E-state index contributed by atoms with van der Waals surface area (Å²) in [6, 6.07) is 7.87. The average molecular weight is 383 g/mol. The Morgan fingerprint density at radius 3 is 2.85 bits per heavy atom. The van der Waals surface area contributed by atoms with Gasteiger partial charge in [0.15, 0.2) is 11.2 Å². The van der Waals surface area contributed by atoms with E-state index in [1.165, 1.54) is 11.3 Å². The summed E-state index contributed by atoms with van der Waals surface area (Å²) in [6.07, 6.45) is 0.696. The molecule has 0 spiro atoms. The number of thiophene rings is 1. The Morgan fingerprint density at radius 2 is 2.07 bits per heavy atom. The minimum Gasteiger partial charge on any atom is -0.451 e. The van der Waals surface area contributed by atoms with Crippen LogP contribution in [0.1, 0.15) is 31.4 Å². The Labute approximate surface area is 158 Å². The first-order valence-electron chi connectivity index (χ1n) is 8.41. The van der Waals surface area contributed by atoms with Crippen molar-refractivity contribution in [2.45, 2.75) is 13.0 Å². The highest BCUT2D eigenvalue weighted by Crippen LogP contribution is 2.36. The van der Waals surface area contributed by atoms with Crippen LogP contribution in [0.5, 0.6) is 0 Å². The maximum atomic E-state index is 12.7. The monoisotopic (exact) mass is 383 g/mol. The molecule has 0 radical (unpaired) electrons. The number of para-hydroxylation sites is 1. The van der Waals surface area contributed by atoms with Crippen LogP contribution in [0.3, 0.4) is 0 Å². The van der Waals surface area contributed by atoms with Gasteiger partial charge in [-0.15, -0.1) is 11.3 Å². The third-order valence-electron chi connectivity index (χ3n) is 4.58. The van der Waals surface area contributed by atoms with Gasteiger partial charge >= 0.3 is 0 Å². The van der Waals surface area contributed by atoms with Gasteiger partial charge in [-0.3, -0.25) is 14.4 Å². The van der Waals surface area contributed by atoms with E-state index in [1.54, 1.807) is 24.3 Å². The molecule has 0 bridgehead atoms. The summed E-state index contributed by atoms with van der Waals surface area (Å²) in [5.74, 6) is -1.28. The molecule has 0 aliphatic carbocycles. The molecule has 4 rings (SSSR count). The zero-order chi connectivity index (χ0) is 19.1. The van der Waals surface area contributed by atoms with Crippen molar-refractivity contribution < 1.29 is 14.0 Å². The normalized spacial score (nSPS) is 14.1. The van der Waals surface area contributed by atoms with E-state index in [-0.39, 0.29) is 11.2 Å². The molecule has 0 saturated carbocycles.